The molecule has 1 aliphatic rings. The first-order valence-electron chi connectivity index (χ1n) is 6.11. The fourth-order valence-electron chi connectivity index (χ4n) is 2.29. The minimum absolute atomic E-state index is 0.0127. The Morgan fingerprint density at radius 1 is 1.50 bits per heavy atom. The normalized spacial score (nSPS) is 19.7. The topological polar surface area (TPSA) is 67.2 Å². The van der Waals surface area contributed by atoms with Crippen LogP contribution < -0.4 is 5.32 Å². The van der Waals surface area contributed by atoms with Gasteiger partial charge in [0.25, 0.3) is 5.91 Å². The molecule has 0 saturated carbocycles. The maximum Gasteiger partial charge on any atom is 0.257 e. The first-order valence-corrected chi connectivity index (χ1v) is 6.11. The van der Waals surface area contributed by atoms with Crippen molar-refractivity contribution < 1.29 is 9.59 Å². The Kier molecular flexibility index (Phi) is 3.64. The van der Waals surface area contributed by atoms with Gasteiger partial charge in [0.05, 0.1) is 17.7 Å². The van der Waals surface area contributed by atoms with Gasteiger partial charge in [-0.1, -0.05) is 0 Å². The summed E-state index contributed by atoms with van der Waals surface area (Å²) in [6, 6.07) is 0. The van der Waals surface area contributed by atoms with Crippen LogP contribution in [0.4, 0.5) is 0 Å². The summed E-state index contributed by atoms with van der Waals surface area (Å²) in [5.41, 5.74) is 0.579. The van der Waals surface area contributed by atoms with Gasteiger partial charge >= 0.3 is 0 Å². The molecule has 18 heavy (non-hydrogen) atoms. The summed E-state index contributed by atoms with van der Waals surface area (Å²) in [6.07, 6.45) is 4.97. The number of nitrogens with zero attached hydrogens (tertiary/aromatic N) is 3. The van der Waals surface area contributed by atoms with Gasteiger partial charge in [0.1, 0.15) is 0 Å². The summed E-state index contributed by atoms with van der Waals surface area (Å²) in [5.74, 6) is -0.125. The number of nitrogens with one attached hydrogen (secondary N) is 1. The van der Waals surface area contributed by atoms with Crippen molar-refractivity contribution in [2.24, 2.45) is 13.0 Å². The monoisotopic (exact) mass is 250 g/mol. The lowest BCUT2D eigenvalue weighted by Crippen LogP contribution is -2.44. The van der Waals surface area contributed by atoms with E-state index in [2.05, 4.69) is 10.4 Å². The third-order valence-electron chi connectivity index (χ3n) is 3.28. The van der Waals surface area contributed by atoms with E-state index in [-0.39, 0.29) is 17.7 Å². The molecule has 2 rings (SSSR count). The highest BCUT2D eigenvalue weighted by molar-refractivity contribution is 5.94. The number of hydrogen-bond donors (Lipinski definition) is 1. The van der Waals surface area contributed by atoms with E-state index in [1.807, 2.05) is 0 Å². The zero-order valence-electron chi connectivity index (χ0n) is 10.7. The van der Waals surface area contributed by atoms with E-state index >= 15 is 0 Å². The van der Waals surface area contributed by atoms with Gasteiger partial charge in [0, 0.05) is 33.4 Å². The minimum Gasteiger partial charge on any atom is -0.359 e. The molecule has 6 nitrogen and oxygen atoms in total. The quantitative estimate of drug-likeness (QED) is 0.804. The van der Waals surface area contributed by atoms with Gasteiger partial charge in [-0.2, -0.15) is 5.10 Å². The van der Waals surface area contributed by atoms with Crippen LogP contribution in [0.2, 0.25) is 0 Å². The van der Waals surface area contributed by atoms with Crippen molar-refractivity contribution in [1.82, 2.24) is 20.0 Å². The number of carbonyl (C=O) groups is 2. The fraction of sp³-hybridized carbons (Fsp3) is 0.583. The Morgan fingerprint density at radius 2 is 2.28 bits per heavy atom. The molecule has 1 aromatic rings. The van der Waals surface area contributed by atoms with E-state index in [0.29, 0.717) is 18.7 Å². The van der Waals surface area contributed by atoms with Gasteiger partial charge in [-0.25, -0.2) is 0 Å². The van der Waals surface area contributed by atoms with Crippen molar-refractivity contribution in [3.05, 3.63) is 18.0 Å². The molecule has 1 aliphatic heterocycles. The predicted octanol–water partition coefficient (Wildman–Crippen LogP) is 0.0183. The lowest BCUT2D eigenvalue weighted by atomic mass is 9.97. The second-order valence-electron chi connectivity index (χ2n) is 4.61. The van der Waals surface area contributed by atoms with Gasteiger partial charge in [-0.15, -0.1) is 0 Å². The number of piperidine rings is 1. The molecule has 1 saturated heterocycles. The number of rotatable bonds is 2. The number of aryl methyl sites for hydroxylation is 1. The largest absolute Gasteiger partial charge is 0.359 e. The summed E-state index contributed by atoms with van der Waals surface area (Å²) in [6.45, 7) is 1.20. The Balaban J connectivity index is 2.05. The second-order valence-corrected chi connectivity index (χ2v) is 4.61. The lowest BCUT2D eigenvalue weighted by molar-refractivity contribution is -0.125. The molecule has 0 aliphatic carbocycles. The molecule has 1 fully saturated rings. The summed E-state index contributed by atoms with van der Waals surface area (Å²) in [5, 5.41) is 6.64. The Hall–Kier alpha value is -1.85. The smallest absolute Gasteiger partial charge is 0.257 e. The van der Waals surface area contributed by atoms with E-state index in [1.54, 1.807) is 36.1 Å². The third kappa shape index (κ3) is 2.52. The van der Waals surface area contributed by atoms with E-state index in [1.165, 1.54) is 0 Å². The highest BCUT2D eigenvalue weighted by Gasteiger charge is 2.28. The Bertz CT molecular complexity index is 455. The van der Waals surface area contributed by atoms with Crippen molar-refractivity contribution in [2.45, 2.75) is 12.8 Å². The van der Waals surface area contributed by atoms with Crippen LogP contribution in [0.15, 0.2) is 12.4 Å². The second kappa shape index (κ2) is 5.20. The first-order chi connectivity index (χ1) is 8.61. The molecular formula is C12H18N4O2. The molecule has 0 unspecified atom stereocenters. The molecule has 0 radical (unpaired) electrons. The highest BCUT2D eigenvalue weighted by Crippen LogP contribution is 2.18. The number of hydrogen-bond acceptors (Lipinski definition) is 3. The van der Waals surface area contributed by atoms with E-state index in [9.17, 15) is 9.59 Å². The van der Waals surface area contributed by atoms with Gasteiger partial charge in [-0.3, -0.25) is 14.3 Å². The molecule has 6 heteroatoms. The van der Waals surface area contributed by atoms with Gasteiger partial charge in [-0.05, 0) is 12.8 Å². The maximum absolute atomic E-state index is 12.2. The molecule has 1 N–H and O–H groups in total. The lowest BCUT2D eigenvalue weighted by Gasteiger charge is -2.31. The van der Waals surface area contributed by atoms with Crippen molar-refractivity contribution >= 4 is 11.8 Å². The number of amides is 2. The average molecular weight is 250 g/mol. The first kappa shape index (κ1) is 12.6. The van der Waals surface area contributed by atoms with Crippen LogP contribution in [0, 0.1) is 5.92 Å². The van der Waals surface area contributed by atoms with Crippen LogP contribution in [0.25, 0.3) is 0 Å². The van der Waals surface area contributed by atoms with Gasteiger partial charge < -0.3 is 10.2 Å². The fourth-order valence-corrected chi connectivity index (χ4v) is 2.29. The summed E-state index contributed by atoms with van der Waals surface area (Å²) in [7, 11) is 3.41. The number of aromatic nitrogens is 2. The summed E-state index contributed by atoms with van der Waals surface area (Å²) in [4.78, 5) is 25.6. The SMILES string of the molecule is CNC(=O)[C@H]1CCCN(C(=O)c2cnn(C)c2)C1. The van der Waals surface area contributed by atoms with Crippen molar-refractivity contribution in [3.63, 3.8) is 0 Å². The van der Waals surface area contributed by atoms with Crippen LogP contribution in [0.3, 0.4) is 0 Å². The minimum atomic E-state index is -0.0932. The molecule has 0 bridgehead atoms. The maximum atomic E-state index is 12.2. The van der Waals surface area contributed by atoms with Crippen molar-refractivity contribution in [2.75, 3.05) is 20.1 Å². The average Bonchev–Trinajstić information content (AvgIpc) is 2.83. The van der Waals surface area contributed by atoms with Gasteiger partial charge in [0.15, 0.2) is 0 Å². The zero-order chi connectivity index (χ0) is 13.1. The molecule has 2 amide bonds. The van der Waals surface area contributed by atoms with Crippen LogP contribution in [-0.4, -0.2) is 46.6 Å². The summed E-state index contributed by atoms with van der Waals surface area (Å²) >= 11 is 0. The van der Waals surface area contributed by atoms with E-state index in [4.69, 9.17) is 0 Å². The van der Waals surface area contributed by atoms with Crippen molar-refractivity contribution in [1.29, 1.82) is 0 Å². The molecule has 1 aromatic heterocycles. The van der Waals surface area contributed by atoms with Crippen LogP contribution in [-0.2, 0) is 11.8 Å². The molecular weight excluding hydrogens is 232 g/mol. The third-order valence-corrected chi connectivity index (χ3v) is 3.28. The van der Waals surface area contributed by atoms with Crippen LogP contribution in [0.1, 0.15) is 23.2 Å². The molecule has 0 spiro atoms. The van der Waals surface area contributed by atoms with Crippen molar-refractivity contribution in [3.8, 4) is 0 Å². The Labute approximate surface area is 106 Å². The zero-order valence-corrected chi connectivity index (χ0v) is 10.7. The standard InChI is InChI=1S/C12H18N4O2/c1-13-11(17)9-4-3-5-16(8-9)12(18)10-6-14-15(2)7-10/h6-7,9H,3-5,8H2,1-2H3,(H,13,17)/t9-/m0/s1. The van der Waals surface area contributed by atoms with Gasteiger partial charge in [0.2, 0.25) is 5.91 Å². The number of likely N-dealkylation sites (tertiary alicyclic amines) is 1. The Morgan fingerprint density at radius 3 is 2.89 bits per heavy atom. The van der Waals surface area contributed by atoms with E-state index < -0.39 is 0 Å². The molecule has 98 valence electrons. The predicted molar refractivity (Wildman–Crippen MR) is 65.9 cm³/mol. The highest BCUT2D eigenvalue weighted by atomic mass is 16.2. The molecule has 0 aromatic carbocycles. The number of carbonyl (C=O) groups excluding carboxylic acids is 2. The summed E-state index contributed by atoms with van der Waals surface area (Å²) < 4.78 is 1.60. The van der Waals surface area contributed by atoms with Crippen LogP contribution in [0.5, 0.6) is 0 Å². The van der Waals surface area contributed by atoms with E-state index in [0.717, 1.165) is 12.8 Å². The van der Waals surface area contributed by atoms with Crippen LogP contribution >= 0.6 is 0 Å². The molecule has 2 heterocycles. The molecule has 1 atom stereocenters.